The summed E-state index contributed by atoms with van der Waals surface area (Å²) in [5, 5.41) is 6.64. The summed E-state index contributed by atoms with van der Waals surface area (Å²) in [6, 6.07) is -0.272. The highest BCUT2D eigenvalue weighted by Gasteiger charge is 2.60. The Bertz CT molecular complexity index is 508. The van der Waals surface area contributed by atoms with Crippen LogP contribution in [-0.2, 0) is 9.59 Å². The zero-order valence-electron chi connectivity index (χ0n) is 18.4. The van der Waals surface area contributed by atoms with Gasteiger partial charge in [0, 0.05) is 11.1 Å². The molecule has 4 nitrogen and oxygen atoms in total. The van der Waals surface area contributed by atoms with Crippen molar-refractivity contribution in [2.24, 2.45) is 5.41 Å². The standard InChI is InChI=1S/C23H42N2O2/c1-6-7-8-9-10-11-12-13-14-15-18-19(26)23(20(27)24-18)16-21(2,3)25-22(4,5)17-23/h18,25H,6-17H2,1-5H3,(H,24,27). The zero-order valence-corrected chi connectivity index (χ0v) is 18.4. The molecule has 1 spiro atoms. The zero-order chi connectivity index (χ0) is 20.1. The molecule has 2 aliphatic heterocycles. The fourth-order valence-electron chi connectivity index (χ4n) is 5.58. The predicted octanol–water partition coefficient (Wildman–Crippen LogP) is 4.90. The van der Waals surface area contributed by atoms with E-state index in [1.165, 1.54) is 51.4 Å². The third kappa shape index (κ3) is 5.79. The van der Waals surface area contributed by atoms with E-state index in [1.807, 2.05) is 0 Å². The smallest absolute Gasteiger partial charge is 0.234 e. The molecule has 2 heterocycles. The van der Waals surface area contributed by atoms with E-state index in [9.17, 15) is 9.59 Å². The lowest BCUT2D eigenvalue weighted by Gasteiger charge is -2.49. The average Bonchev–Trinajstić information content (AvgIpc) is 2.75. The molecule has 2 rings (SSSR count). The lowest BCUT2D eigenvalue weighted by molar-refractivity contribution is -0.142. The number of carbonyl (C=O) groups excluding carboxylic acids is 2. The first-order valence-corrected chi connectivity index (χ1v) is 11.3. The highest BCUT2D eigenvalue weighted by Crippen LogP contribution is 2.46. The molecule has 2 N–H and O–H groups in total. The van der Waals surface area contributed by atoms with Crippen LogP contribution < -0.4 is 10.6 Å². The molecule has 0 aliphatic carbocycles. The number of hydrogen-bond acceptors (Lipinski definition) is 3. The maximum absolute atomic E-state index is 13.2. The van der Waals surface area contributed by atoms with Crippen molar-refractivity contribution in [2.75, 3.05) is 0 Å². The molecular formula is C23H42N2O2. The first-order valence-electron chi connectivity index (χ1n) is 11.3. The minimum absolute atomic E-state index is 0.0314. The molecule has 0 aromatic rings. The number of unbranched alkanes of at least 4 members (excludes halogenated alkanes) is 8. The normalized spacial score (nSPS) is 25.7. The predicted molar refractivity (Wildman–Crippen MR) is 112 cm³/mol. The lowest BCUT2D eigenvalue weighted by atomic mass is 9.63. The van der Waals surface area contributed by atoms with Crippen LogP contribution in [0, 0.1) is 5.41 Å². The SMILES string of the molecule is CCCCCCCCCCCC1NC(=O)C2(CC(C)(C)NC(C)(C)C2)C1=O. The van der Waals surface area contributed by atoms with Crippen molar-refractivity contribution in [2.45, 2.75) is 129 Å². The van der Waals surface area contributed by atoms with Gasteiger partial charge in [-0.2, -0.15) is 0 Å². The summed E-state index contributed by atoms with van der Waals surface area (Å²) >= 11 is 0. The molecule has 1 unspecified atom stereocenters. The van der Waals surface area contributed by atoms with Crippen molar-refractivity contribution in [3.63, 3.8) is 0 Å². The van der Waals surface area contributed by atoms with Gasteiger partial charge in [0.15, 0.2) is 5.78 Å². The number of Topliss-reactive ketones (excluding diaryl/α,β-unsaturated/α-hetero) is 1. The topological polar surface area (TPSA) is 58.2 Å². The Balaban J connectivity index is 1.79. The molecule has 2 aliphatic rings. The van der Waals surface area contributed by atoms with Gasteiger partial charge in [0.2, 0.25) is 5.91 Å². The largest absolute Gasteiger partial charge is 0.345 e. The first-order chi connectivity index (χ1) is 12.6. The Labute approximate surface area is 166 Å². The van der Waals surface area contributed by atoms with E-state index in [0.717, 1.165) is 12.8 Å². The van der Waals surface area contributed by atoms with Gasteiger partial charge in [-0.1, -0.05) is 64.7 Å². The summed E-state index contributed by atoms with van der Waals surface area (Å²) in [4.78, 5) is 26.1. The van der Waals surface area contributed by atoms with Gasteiger partial charge in [0.25, 0.3) is 0 Å². The van der Waals surface area contributed by atoms with Gasteiger partial charge >= 0.3 is 0 Å². The molecule has 1 amide bonds. The van der Waals surface area contributed by atoms with E-state index in [4.69, 9.17) is 0 Å². The summed E-state index contributed by atoms with van der Waals surface area (Å²) < 4.78 is 0. The van der Waals surface area contributed by atoms with Crippen LogP contribution in [0.2, 0.25) is 0 Å². The Morgan fingerprint density at radius 3 is 1.81 bits per heavy atom. The van der Waals surface area contributed by atoms with Crippen LogP contribution in [0.5, 0.6) is 0 Å². The van der Waals surface area contributed by atoms with Crippen molar-refractivity contribution < 1.29 is 9.59 Å². The van der Waals surface area contributed by atoms with Gasteiger partial charge in [0.05, 0.1) is 6.04 Å². The second-order valence-electron chi connectivity index (χ2n) is 10.3. The summed E-state index contributed by atoms with van der Waals surface area (Å²) in [5.74, 6) is 0.116. The van der Waals surface area contributed by atoms with Gasteiger partial charge in [-0.25, -0.2) is 0 Å². The molecule has 0 aromatic carbocycles. The summed E-state index contributed by atoms with van der Waals surface area (Å²) in [5.41, 5.74) is -1.25. The molecule has 27 heavy (non-hydrogen) atoms. The number of ketones is 1. The summed E-state index contributed by atoms with van der Waals surface area (Å²) in [6.45, 7) is 10.7. The molecular weight excluding hydrogens is 336 g/mol. The molecule has 2 fully saturated rings. The second-order valence-corrected chi connectivity index (χ2v) is 10.3. The highest BCUT2D eigenvalue weighted by atomic mass is 16.2. The summed E-state index contributed by atoms with van der Waals surface area (Å²) in [6.07, 6.45) is 13.5. The van der Waals surface area contributed by atoms with E-state index in [-0.39, 0.29) is 28.8 Å². The van der Waals surface area contributed by atoms with Crippen LogP contribution in [0.4, 0.5) is 0 Å². The Morgan fingerprint density at radius 2 is 1.30 bits per heavy atom. The number of carbonyl (C=O) groups is 2. The van der Waals surface area contributed by atoms with Crippen molar-refractivity contribution in [3.8, 4) is 0 Å². The molecule has 0 radical (unpaired) electrons. The van der Waals surface area contributed by atoms with E-state index in [0.29, 0.717) is 12.8 Å². The van der Waals surface area contributed by atoms with E-state index < -0.39 is 5.41 Å². The average molecular weight is 379 g/mol. The molecule has 0 saturated carbocycles. The maximum atomic E-state index is 13.2. The van der Waals surface area contributed by atoms with E-state index in [2.05, 4.69) is 45.3 Å². The molecule has 0 bridgehead atoms. The third-order valence-corrected chi connectivity index (χ3v) is 6.29. The third-order valence-electron chi connectivity index (χ3n) is 6.29. The van der Waals surface area contributed by atoms with Crippen molar-refractivity contribution in [3.05, 3.63) is 0 Å². The van der Waals surface area contributed by atoms with E-state index >= 15 is 0 Å². The van der Waals surface area contributed by atoms with Crippen molar-refractivity contribution >= 4 is 11.7 Å². The van der Waals surface area contributed by atoms with Crippen LogP contribution in [-0.4, -0.2) is 28.8 Å². The fourth-order valence-corrected chi connectivity index (χ4v) is 5.58. The Kier molecular flexibility index (Phi) is 7.52. The molecule has 2 saturated heterocycles. The van der Waals surface area contributed by atoms with Crippen LogP contribution >= 0.6 is 0 Å². The minimum Gasteiger partial charge on any atom is -0.345 e. The highest BCUT2D eigenvalue weighted by molar-refractivity contribution is 6.14. The van der Waals surface area contributed by atoms with E-state index in [1.54, 1.807) is 0 Å². The fraction of sp³-hybridized carbons (Fsp3) is 0.913. The Hall–Kier alpha value is -0.900. The molecule has 0 aromatic heterocycles. The van der Waals surface area contributed by atoms with Gasteiger partial charge in [-0.3, -0.25) is 9.59 Å². The van der Waals surface area contributed by atoms with Crippen LogP contribution in [0.3, 0.4) is 0 Å². The maximum Gasteiger partial charge on any atom is 0.234 e. The van der Waals surface area contributed by atoms with Crippen LogP contribution in [0.15, 0.2) is 0 Å². The van der Waals surface area contributed by atoms with Gasteiger partial charge < -0.3 is 10.6 Å². The monoisotopic (exact) mass is 378 g/mol. The van der Waals surface area contributed by atoms with Crippen LogP contribution in [0.1, 0.15) is 112 Å². The molecule has 156 valence electrons. The van der Waals surface area contributed by atoms with Gasteiger partial charge in [-0.05, 0) is 47.0 Å². The van der Waals surface area contributed by atoms with Crippen molar-refractivity contribution in [1.82, 2.24) is 10.6 Å². The summed E-state index contributed by atoms with van der Waals surface area (Å²) in [7, 11) is 0. The van der Waals surface area contributed by atoms with Crippen molar-refractivity contribution in [1.29, 1.82) is 0 Å². The minimum atomic E-state index is -0.831. The molecule has 1 atom stereocenters. The number of piperidine rings is 1. The quantitative estimate of drug-likeness (QED) is 0.420. The van der Waals surface area contributed by atoms with Gasteiger partial charge in [-0.15, -0.1) is 0 Å². The second kappa shape index (κ2) is 9.07. The number of amides is 1. The number of nitrogens with one attached hydrogen (secondary N) is 2. The van der Waals surface area contributed by atoms with Crippen LogP contribution in [0.25, 0.3) is 0 Å². The molecule has 4 heteroatoms. The first kappa shape index (κ1) is 22.4. The number of hydrogen-bond donors (Lipinski definition) is 2. The van der Waals surface area contributed by atoms with Gasteiger partial charge in [0.1, 0.15) is 5.41 Å². The lowest BCUT2D eigenvalue weighted by Crippen LogP contribution is -2.64. The number of rotatable bonds is 10. The Morgan fingerprint density at radius 1 is 0.815 bits per heavy atom.